The molecule has 2 heterocycles. The Morgan fingerprint density at radius 1 is 1.24 bits per heavy atom. The van der Waals surface area contributed by atoms with E-state index in [0.29, 0.717) is 11.7 Å². The van der Waals surface area contributed by atoms with E-state index in [4.69, 9.17) is 4.74 Å². The normalized spacial score (nSPS) is 11.4. The maximum absolute atomic E-state index is 12.5. The number of anilines is 1. The molecule has 0 spiro atoms. The predicted octanol–water partition coefficient (Wildman–Crippen LogP) is 5.73. The van der Waals surface area contributed by atoms with Crippen LogP contribution in [0.4, 0.5) is 5.13 Å². The third kappa shape index (κ3) is 5.48. The zero-order chi connectivity index (χ0) is 23.2. The molecule has 0 fully saturated rings. The zero-order valence-electron chi connectivity index (χ0n) is 18.5. The minimum atomic E-state index is -0.467. The van der Waals surface area contributed by atoms with Crippen molar-refractivity contribution >= 4 is 39.4 Å². The van der Waals surface area contributed by atoms with Gasteiger partial charge in [-0.05, 0) is 55.7 Å². The standard InChI is InChI=1S/C26H24N4O2S/c1-18-12-19(2)14-22(13-18)32-10-5-9-30-17-21(23-6-3-4-7-24(23)30)15-20(16-27)25(31)29-26-28-8-11-33-26/h3-4,6-8,11-15,17H,5,9-10H2,1-2H3,(H,28,29,31)/b20-15-. The van der Waals surface area contributed by atoms with E-state index in [1.165, 1.54) is 22.5 Å². The summed E-state index contributed by atoms with van der Waals surface area (Å²) < 4.78 is 8.08. The number of hydrogen-bond donors (Lipinski definition) is 1. The van der Waals surface area contributed by atoms with Gasteiger partial charge in [-0.1, -0.05) is 24.3 Å². The van der Waals surface area contributed by atoms with E-state index in [-0.39, 0.29) is 5.57 Å². The molecule has 4 aromatic rings. The number of ether oxygens (including phenoxy) is 1. The third-order valence-corrected chi connectivity index (χ3v) is 5.83. The first kappa shape index (κ1) is 22.3. The lowest BCUT2D eigenvalue weighted by Crippen LogP contribution is -2.13. The number of hydrogen-bond acceptors (Lipinski definition) is 5. The summed E-state index contributed by atoms with van der Waals surface area (Å²) in [5, 5.41) is 15.5. The molecule has 0 atom stereocenters. The highest BCUT2D eigenvalue weighted by Gasteiger charge is 2.13. The summed E-state index contributed by atoms with van der Waals surface area (Å²) in [5.74, 6) is 0.421. The van der Waals surface area contributed by atoms with Crippen LogP contribution in [0.2, 0.25) is 0 Å². The summed E-state index contributed by atoms with van der Waals surface area (Å²) in [7, 11) is 0. The van der Waals surface area contributed by atoms with Gasteiger partial charge in [0.15, 0.2) is 5.13 Å². The van der Waals surface area contributed by atoms with Gasteiger partial charge in [-0.3, -0.25) is 10.1 Å². The average Bonchev–Trinajstić information content (AvgIpc) is 3.42. The van der Waals surface area contributed by atoms with Crippen LogP contribution < -0.4 is 10.1 Å². The topological polar surface area (TPSA) is 79.9 Å². The summed E-state index contributed by atoms with van der Waals surface area (Å²) >= 11 is 1.31. The Bertz CT molecular complexity index is 1330. The van der Waals surface area contributed by atoms with Gasteiger partial charge in [-0.25, -0.2) is 4.98 Å². The van der Waals surface area contributed by atoms with Gasteiger partial charge in [-0.2, -0.15) is 5.26 Å². The van der Waals surface area contributed by atoms with Crippen molar-refractivity contribution in [2.45, 2.75) is 26.8 Å². The number of amides is 1. The Morgan fingerprint density at radius 3 is 2.76 bits per heavy atom. The van der Waals surface area contributed by atoms with Gasteiger partial charge in [0.25, 0.3) is 5.91 Å². The second-order valence-electron chi connectivity index (χ2n) is 7.78. The van der Waals surface area contributed by atoms with Gasteiger partial charge >= 0.3 is 0 Å². The minimum absolute atomic E-state index is 0.0336. The maximum Gasteiger partial charge on any atom is 0.268 e. The van der Waals surface area contributed by atoms with Gasteiger partial charge in [0, 0.05) is 40.8 Å². The molecule has 2 aromatic heterocycles. The number of fused-ring (bicyclic) bond motifs is 1. The number of aromatic nitrogens is 2. The minimum Gasteiger partial charge on any atom is -0.494 e. The molecule has 0 saturated carbocycles. The number of para-hydroxylation sites is 1. The molecule has 4 rings (SSSR count). The number of rotatable bonds is 8. The van der Waals surface area contributed by atoms with Crippen molar-refractivity contribution in [2.75, 3.05) is 11.9 Å². The lowest BCUT2D eigenvalue weighted by molar-refractivity contribution is -0.112. The lowest BCUT2D eigenvalue weighted by atomic mass is 10.1. The molecular formula is C26H24N4O2S. The molecule has 2 aromatic carbocycles. The van der Waals surface area contributed by atoms with Crippen molar-refractivity contribution < 1.29 is 9.53 Å². The molecule has 7 heteroatoms. The van der Waals surface area contributed by atoms with Crippen LogP contribution in [-0.4, -0.2) is 22.1 Å². The number of nitrogens with one attached hydrogen (secondary N) is 1. The van der Waals surface area contributed by atoms with Gasteiger partial charge in [0.2, 0.25) is 0 Å². The Labute approximate surface area is 196 Å². The van der Waals surface area contributed by atoms with E-state index in [9.17, 15) is 10.1 Å². The van der Waals surface area contributed by atoms with Gasteiger partial charge in [-0.15, -0.1) is 11.3 Å². The number of carbonyl (C=O) groups excluding carboxylic acids is 1. The van der Waals surface area contributed by atoms with Crippen molar-refractivity contribution in [2.24, 2.45) is 0 Å². The van der Waals surface area contributed by atoms with Gasteiger partial charge in [0.1, 0.15) is 17.4 Å². The van der Waals surface area contributed by atoms with Crippen molar-refractivity contribution in [3.63, 3.8) is 0 Å². The molecular weight excluding hydrogens is 432 g/mol. The Balaban J connectivity index is 1.49. The summed E-state index contributed by atoms with van der Waals surface area (Å²) in [6, 6.07) is 16.2. The lowest BCUT2D eigenvalue weighted by Gasteiger charge is -2.09. The molecule has 0 radical (unpaired) electrons. The smallest absolute Gasteiger partial charge is 0.268 e. The molecule has 0 aliphatic heterocycles. The molecule has 0 unspecified atom stereocenters. The quantitative estimate of drug-likeness (QED) is 0.209. The fourth-order valence-corrected chi connectivity index (χ4v) is 4.29. The zero-order valence-corrected chi connectivity index (χ0v) is 19.4. The Kier molecular flexibility index (Phi) is 6.86. The van der Waals surface area contributed by atoms with E-state index in [2.05, 4.69) is 34.8 Å². The molecule has 0 aliphatic rings. The summed E-state index contributed by atoms with van der Waals surface area (Å²) in [4.78, 5) is 16.6. The molecule has 166 valence electrons. The predicted molar refractivity (Wildman–Crippen MR) is 132 cm³/mol. The highest BCUT2D eigenvalue weighted by molar-refractivity contribution is 7.13. The summed E-state index contributed by atoms with van der Waals surface area (Å²) in [5.41, 5.74) is 4.28. The second kappa shape index (κ2) is 10.2. The van der Waals surface area contributed by atoms with E-state index in [1.54, 1.807) is 17.7 Å². The number of nitrogens with zero attached hydrogens (tertiary/aromatic N) is 3. The highest BCUT2D eigenvalue weighted by atomic mass is 32.1. The number of nitriles is 1. The molecule has 33 heavy (non-hydrogen) atoms. The monoisotopic (exact) mass is 456 g/mol. The Hall–Kier alpha value is -3.89. The number of aryl methyl sites for hydroxylation is 3. The van der Waals surface area contributed by atoms with Crippen LogP contribution in [0.15, 0.2) is 65.8 Å². The fraction of sp³-hybridized carbons (Fsp3) is 0.192. The molecule has 0 aliphatic carbocycles. The van der Waals surface area contributed by atoms with Gasteiger partial charge < -0.3 is 9.30 Å². The van der Waals surface area contributed by atoms with Crippen LogP contribution in [0.1, 0.15) is 23.1 Å². The van der Waals surface area contributed by atoms with Crippen LogP contribution in [0.25, 0.3) is 17.0 Å². The van der Waals surface area contributed by atoms with Crippen LogP contribution in [0, 0.1) is 25.2 Å². The van der Waals surface area contributed by atoms with Crippen molar-refractivity contribution in [1.29, 1.82) is 5.26 Å². The fourth-order valence-electron chi connectivity index (χ4n) is 3.77. The molecule has 0 saturated heterocycles. The largest absolute Gasteiger partial charge is 0.494 e. The van der Waals surface area contributed by atoms with E-state index in [0.717, 1.165) is 35.2 Å². The van der Waals surface area contributed by atoms with Crippen molar-refractivity contribution in [3.05, 3.63) is 82.5 Å². The van der Waals surface area contributed by atoms with Crippen LogP contribution >= 0.6 is 11.3 Å². The second-order valence-corrected chi connectivity index (χ2v) is 8.68. The summed E-state index contributed by atoms with van der Waals surface area (Å²) in [6.45, 7) is 5.48. The van der Waals surface area contributed by atoms with Crippen LogP contribution in [0.3, 0.4) is 0 Å². The third-order valence-electron chi connectivity index (χ3n) is 5.14. The van der Waals surface area contributed by atoms with E-state index < -0.39 is 5.91 Å². The maximum atomic E-state index is 12.5. The molecule has 6 nitrogen and oxygen atoms in total. The first-order chi connectivity index (χ1) is 16.0. The molecule has 1 N–H and O–H groups in total. The Morgan fingerprint density at radius 2 is 2.03 bits per heavy atom. The molecule has 0 bridgehead atoms. The van der Waals surface area contributed by atoms with Crippen molar-refractivity contribution in [3.8, 4) is 11.8 Å². The SMILES string of the molecule is Cc1cc(C)cc(OCCCn2cc(/C=C(/C#N)C(=O)Nc3nccs3)c3ccccc32)c1. The number of benzene rings is 2. The van der Waals surface area contributed by atoms with Gasteiger partial charge in [0.05, 0.1) is 6.61 Å². The first-order valence-electron chi connectivity index (χ1n) is 10.6. The van der Waals surface area contributed by atoms with Crippen molar-refractivity contribution in [1.82, 2.24) is 9.55 Å². The number of carbonyl (C=O) groups is 1. The number of thiazole rings is 1. The summed E-state index contributed by atoms with van der Waals surface area (Å²) in [6.07, 6.45) is 6.04. The van der Waals surface area contributed by atoms with E-state index in [1.807, 2.05) is 48.7 Å². The first-order valence-corrected chi connectivity index (χ1v) is 11.5. The highest BCUT2D eigenvalue weighted by Crippen LogP contribution is 2.25. The average molecular weight is 457 g/mol. The van der Waals surface area contributed by atoms with Crippen LogP contribution in [-0.2, 0) is 11.3 Å². The van der Waals surface area contributed by atoms with Crippen LogP contribution in [0.5, 0.6) is 5.75 Å². The molecule has 1 amide bonds. The van der Waals surface area contributed by atoms with E-state index >= 15 is 0 Å².